The zero-order valence-corrected chi connectivity index (χ0v) is 8.69. The molecule has 3 heteroatoms. The van der Waals surface area contributed by atoms with Crippen molar-refractivity contribution in [1.29, 1.82) is 0 Å². The second kappa shape index (κ2) is 7.62. The van der Waals surface area contributed by atoms with Crippen LogP contribution in [0.15, 0.2) is 0 Å². The molecule has 0 aromatic heterocycles. The number of hydrogen-bond donors (Lipinski definition) is 1. The molecule has 0 saturated heterocycles. The minimum absolute atomic E-state index is 0.235. The Bertz CT molecular complexity index is 124. The first-order chi connectivity index (χ1) is 5.66. The van der Waals surface area contributed by atoms with Crippen molar-refractivity contribution < 1.29 is 9.90 Å². The van der Waals surface area contributed by atoms with Crippen LogP contribution in [0.5, 0.6) is 0 Å². The Kier molecular flexibility index (Phi) is 7.61. The fourth-order valence-electron chi connectivity index (χ4n) is 0.792. The lowest BCUT2D eigenvalue weighted by Gasteiger charge is -2.02. The van der Waals surface area contributed by atoms with Gasteiger partial charge in [0, 0.05) is 18.8 Å². The lowest BCUT2D eigenvalue weighted by molar-refractivity contribution is -0.111. The third-order valence-corrected chi connectivity index (χ3v) is 2.37. The van der Waals surface area contributed by atoms with E-state index in [1.54, 1.807) is 0 Å². The van der Waals surface area contributed by atoms with Crippen molar-refractivity contribution in [2.24, 2.45) is 5.92 Å². The lowest BCUT2D eigenvalue weighted by Crippen LogP contribution is -1.99. The topological polar surface area (TPSA) is 37.3 Å². The van der Waals surface area contributed by atoms with E-state index in [0.29, 0.717) is 12.3 Å². The lowest BCUT2D eigenvalue weighted by atomic mass is 10.2. The van der Waals surface area contributed by atoms with Gasteiger partial charge in [-0.25, -0.2) is 0 Å². The molecule has 2 nitrogen and oxygen atoms in total. The quantitative estimate of drug-likeness (QED) is 0.651. The molecule has 0 aliphatic carbocycles. The van der Waals surface area contributed by atoms with E-state index >= 15 is 0 Å². The van der Waals surface area contributed by atoms with Crippen LogP contribution in [0.2, 0.25) is 0 Å². The van der Waals surface area contributed by atoms with Gasteiger partial charge in [-0.15, -0.1) is 0 Å². The Balaban J connectivity index is 3.20. The maximum Gasteiger partial charge on any atom is 0.189 e. The van der Waals surface area contributed by atoms with E-state index in [2.05, 4.69) is 0 Å². The van der Waals surface area contributed by atoms with Crippen LogP contribution in [0.3, 0.4) is 0 Å². The summed E-state index contributed by atoms with van der Waals surface area (Å²) in [4.78, 5) is 11.1. The summed E-state index contributed by atoms with van der Waals surface area (Å²) in [7, 11) is 0. The summed E-state index contributed by atoms with van der Waals surface area (Å²) in [5, 5.41) is 8.76. The van der Waals surface area contributed by atoms with Gasteiger partial charge in [-0.05, 0) is 18.8 Å². The molecule has 0 aliphatic heterocycles. The first kappa shape index (κ1) is 12.0. The van der Waals surface area contributed by atoms with Crippen LogP contribution in [0.1, 0.15) is 33.1 Å². The van der Waals surface area contributed by atoms with Crippen molar-refractivity contribution in [2.45, 2.75) is 33.1 Å². The van der Waals surface area contributed by atoms with Crippen LogP contribution in [0.4, 0.5) is 0 Å². The van der Waals surface area contributed by atoms with Crippen LogP contribution < -0.4 is 0 Å². The predicted octanol–water partition coefficient (Wildman–Crippen LogP) is 2.06. The fourth-order valence-corrected chi connectivity index (χ4v) is 1.82. The normalized spacial score (nSPS) is 10.7. The van der Waals surface area contributed by atoms with Gasteiger partial charge >= 0.3 is 0 Å². The summed E-state index contributed by atoms with van der Waals surface area (Å²) >= 11 is 1.39. The number of rotatable bonds is 6. The Morgan fingerprint density at radius 3 is 2.58 bits per heavy atom. The van der Waals surface area contributed by atoms with Crippen molar-refractivity contribution in [1.82, 2.24) is 0 Å². The molecule has 0 heterocycles. The molecule has 12 heavy (non-hydrogen) atoms. The number of carbonyl (C=O) groups is 1. The van der Waals surface area contributed by atoms with Crippen LogP contribution in [0.25, 0.3) is 0 Å². The number of unbranched alkanes of at least 4 members (excludes halogenated alkanes) is 1. The predicted molar refractivity (Wildman–Crippen MR) is 53.2 cm³/mol. The van der Waals surface area contributed by atoms with Crippen molar-refractivity contribution in [3.63, 3.8) is 0 Å². The molecule has 0 aromatic carbocycles. The highest BCUT2D eigenvalue weighted by Crippen LogP contribution is 2.12. The molecule has 0 saturated carbocycles. The summed E-state index contributed by atoms with van der Waals surface area (Å²) < 4.78 is 0. The molecule has 0 aromatic rings. The maximum absolute atomic E-state index is 11.1. The Morgan fingerprint density at radius 1 is 1.42 bits per heavy atom. The van der Waals surface area contributed by atoms with Gasteiger partial charge < -0.3 is 5.11 Å². The van der Waals surface area contributed by atoms with Gasteiger partial charge in [-0.3, -0.25) is 4.79 Å². The summed E-state index contributed by atoms with van der Waals surface area (Å²) in [6.45, 7) is 4.33. The van der Waals surface area contributed by atoms with Crippen LogP contribution in [-0.4, -0.2) is 22.6 Å². The molecule has 0 atom stereocenters. The SMILES string of the molecule is CC(C)CC(=O)SCCCCO. The molecule has 0 radical (unpaired) electrons. The Hall–Kier alpha value is -0.0200. The number of thioether (sulfide) groups is 1. The standard InChI is InChI=1S/C9H18O2S/c1-8(2)7-9(11)12-6-4-3-5-10/h8,10H,3-7H2,1-2H3. The van der Waals surface area contributed by atoms with Gasteiger partial charge in [0.15, 0.2) is 5.12 Å². The maximum atomic E-state index is 11.1. The second-order valence-electron chi connectivity index (χ2n) is 3.25. The molecule has 0 spiro atoms. The van der Waals surface area contributed by atoms with Crippen LogP contribution >= 0.6 is 11.8 Å². The third-order valence-electron chi connectivity index (χ3n) is 1.39. The van der Waals surface area contributed by atoms with Crippen molar-refractivity contribution in [3.05, 3.63) is 0 Å². The van der Waals surface area contributed by atoms with Crippen molar-refractivity contribution in [3.8, 4) is 0 Å². The highest BCUT2D eigenvalue weighted by molar-refractivity contribution is 8.13. The zero-order chi connectivity index (χ0) is 9.40. The molecule has 0 fully saturated rings. The molecule has 0 unspecified atom stereocenters. The highest BCUT2D eigenvalue weighted by atomic mass is 32.2. The number of carbonyl (C=O) groups excluding carboxylic acids is 1. The van der Waals surface area contributed by atoms with E-state index in [4.69, 9.17) is 5.11 Å². The fraction of sp³-hybridized carbons (Fsp3) is 0.889. The first-order valence-electron chi connectivity index (χ1n) is 4.43. The number of hydrogen-bond acceptors (Lipinski definition) is 3. The van der Waals surface area contributed by atoms with Gasteiger partial charge in [0.05, 0.1) is 0 Å². The Morgan fingerprint density at radius 2 is 2.08 bits per heavy atom. The summed E-state index contributed by atoms with van der Waals surface area (Å²) in [5.41, 5.74) is 0. The van der Waals surface area contributed by atoms with Gasteiger partial charge in [-0.1, -0.05) is 25.6 Å². The molecule has 72 valence electrons. The highest BCUT2D eigenvalue weighted by Gasteiger charge is 2.04. The molecule has 0 aliphatic rings. The van der Waals surface area contributed by atoms with E-state index < -0.39 is 0 Å². The monoisotopic (exact) mass is 190 g/mol. The van der Waals surface area contributed by atoms with E-state index in [1.165, 1.54) is 11.8 Å². The van der Waals surface area contributed by atoms with Gasteiger partial charge in [-0.2, -0.15) is 0 Å². The number of aliphatic hydroxyl groups is 1. The third kappa shape index (κ3) is 8.08. The smallest absolute Gasteiger partial charge is 0.189 e. The zero-order valence-electron chi connectivity index (χ0n) is 7.88. The molecule has 0 bridgehead atoms. The summed E-state index contributed by atoms with van der Waals surface area (Å²) in [6, 6.07) is 0. The molecule has 0 amide bonds. The summed E-state index contributed by atoms with van der Waals surface area (Å²) in [6.07, 6.45) is 2.41. The average molecular weight is 190 g/mol. The second-order valence-corrected chi connectivity index (χ2v) is 4.40. The Labute approximate surface area is 78.7 Å². The minimum atomic E-state index is 0.235. The van der Waals surface area contributed by atoms with E-state index in [-0.39, 0.29) is 11.7 Å². The van der Waals surface area contributed by atoms with Gasteiger partial charge in [0.25, 0.3) is 0 Å². The van der Waals surface area contributed by atoms with E-state index in [1.807, 2.05) is 13.8 Å². The molecular formula is C9H18O2S. The largest absolute Gasteiger partial charge is 0.396 e. The molecule has 0 rings (SSSR count). The molecular weight excluding hydrogens is 172 g/mol. The van der Waals surface area contributed by atoms with Crippen LogP contribution in [0, 0.1) is 5.92 Å². The van der Waals surface area contributed by atoms with Gasteiger partial charge in [0.2, 0.25) is 0 Å². The first-order valence-corrected chi connectivity index (χ1v) is 5.42. The number of aliphatic hydroxyl groups excluding tert-OH is 1. The minimum Gasteiger partial charge on any atom is -0.396 e. The van der Waals surface area contributed by atoms with Crippen molar-refractivity contribution in [2.75, 3.05) is 12.4 Å². The molecule has 1 N–H and O–H groups in total. The average Bonchev–Trinajstić information content (AvgIpc) is 1.97. The summed E-state index contributed by atoms with van der Waals surface area (Å²) in [5.74, 6) is 1.31. The van der Waals surface area contributed by atoms with Crippen LogP contribution in [-0.2, 0) is 4.79 Å². The van der Waals surface area contributed by atoms with Crippen molar-refractivity contribution >= 4 is 16.9 Å². The van der Waals surface area contributed by atoms with Gasteiger partial charge in [0.1, 0.15) is 0 Å². The van der Waals surface area contributed by atoms with E-state index in [9.17, 15) is 4.79 Å². The van der Waals surface area contributed by atoms with E-state index in [0.717, 1.165) is 18.6 Å².